The van der Waals surface area contributed by atoms with Gasteiger partial charge in [0.1, 0.15) is 5.75 Å². The van der Waals surface area contributed by atoms with Crippen molar-refractivity contribution in [3.05, 3.63) is 58.1 Å². The van der Waals surface area contributed by atoms with Crippen molar-refractivity contribution in [3.63, 3.8) is 0 Å². The number of nitrogens with zero attached hydrogens (tertiary/aromatic N) is 1. The molecule has 1 aliphatic heterocycles. The normalized spacial score (nSPS) is 13.6. The molecule has 1 amide bonds. The molecule has 0 aromatic heterocycles. The Morgan fingerprint density at radius 2 is 2.09 bits per heavy atom. The number of ether oxygens (including phenoxy) is 1. The van der Waals surface area contributed by atoms with Crippen molar-refractivity contribution >= 4 is 27.5 Å². The van der Waals surface area contributed by atoms with E-state index in [0.717, 1.165) is 35.1 Å². The molecule has 2 aromatic rings. The quantitative estimate of drug-likeness (QED) is 0.824. The van der Waals surface area contributed by atoms with E-state index in [4.69, 9.17) is 4.74 Å². The number of fused-ring (bicyclic) bond motifs is 1. The molecule has 0 unspecified atom stereocenters. The number of aryl methyl sites for hydroxylation is 2. The highest BCUT2D eigenvalue weighted by Crippen LogP contribution is 2.28. The van der Waals surface area contributed by atoms with Crippen molar-refractivity contribution < 1.29 is 9.53 Å². The van der Waals surface area contributed by atoms with Crippen LogP contribution in [0.2, 0.25) is 0 Å². The molecule has 1 heterocycles. The lowest BCUT2D eigenvalue weighted by Gasteiger charge is -2.29. The largest absolute Gasteiger partial charge is 0.483 e. The summed E-state index contributed by atoms with van der Waals surface area (Å²) in [5.41, 5.74) is 3.40. The summed E-state index contributed by atoms with van der Waals surface area (Å²) < 4.78 is 6.56. The van der Waals surface area contributed by atoms with Crippen LogP contribution in [0.25, 0.3) is 0 Å². The monoisotopic (exact) mass is 359 g/mol. The molecular formula is C18H18BrNO2. The molecule has 0 saturated heterocycles. The van der Waals surface area contributed by atoms with Crippen molar-refractivity contribution in [3.8, 4) is 5.75 Å². The lowest BCUT2D eigenvalue weighted by atomic mass is 10.0. The van der Waals surface area contributed by atoms with Gasteiger partial charge in [0.25, 0.3) is 5.91 Å². The smallest absolute Gasteiger partial charge is 0.264 e. The van der Waals surface area contributed by atoms with Gasteiger partial charge in [-0.3, -0.25) is 4.79 Å². The predicted molar refractivity (Wildman–Crippen MR) is 91.5 cm³/mol. The van der Waals surface area contributed by atoms with Gasteiger partial charge in [0, 0.05) is 12.2 Å². The van der Waals surface area contributed by atoms with Gasteiger partial charge in [-0.2, -0.15) is 0 Å². The number of benzene rings is 2. The summed E-state index contributed by atoms with van der Waals surface area (Å²) in [7, 11) is 0. The second-order valence-electron chi connectivity index (χ2n) is 5.50. The highest BCUT2D eigenvalue weighted by Gasteiger charge is 2.22. The summed E-state index contributed by atoms with van der Waals surface area (Å²) >= 11 is 3.47. The van der Waals surface area contributed by atoms with Gasteiger partial charge in [-0.05, 0) is 65.0 Å². The minimum absolute atomic E-state index is 0.000347. The van der Waals surface area contributed by atoms with Crippen molar-refractivity contribution in [1.82, 2.24) is 0 Å². The van der Waals surface area contributed by atoms with Gasteiger partial charge in [-0.1, -0.05) is 24.3 Å². The van der Waals surface area contributed by atoms with Gasteiger partial charge in [0.2, 0.25) is 0 Å². The van der Waals surface area contributed by atoms with Gasteiger partial charge < -0.3 is 9.64 Å². The zero-order chi connectivity index (χ0) is 15.5. The first-order valence-corrected chi connectivity index (χ1v) is 8.21. The molecule has 0 radical (unpaired) electrons. The summed E-state index contributed by atoms with van der Waals surface area (Å²) in [4.78, 5) is 14.3. The summed E-state index contributed by atoms with van der Waals surface area (Å²) in [5, 5.41) is 0. The van der Waals surface area contributed by atoms with Crippen LogP contribution in [0.15, 0.2) is 46.9 Å². The fraction of sp³-hybridized carbons (Fsp3) is 0.278. The standard InChI is InChI=1S/C18H18BrNO2/c1-13-8-9-17(15(19)11-13)22-12-18(21)20-10-4-6-14-5-2-3-7-16(14)20/h2-3,5,7-9,11H,4,6,10,12H2,1H3. The van der Waals surface area contributed by atoms with E-state index in [1.807, 2.05) is 48.2 Å². The van der Waals surface area contributed by atoms with E-state index in [-0.39, 0.29) is 12.5 Å². The molecule has 0 bridgehead atoms. The molecule has 0 fully saturated rings. The third-order valence-electron chi connectivity index (χ3n) is 3.85. The number of amides is 1. The Kier molecular flexibility index (Phi) is 4.48. The van der Waals surface area contributed by atoms with Crippen molar-refractivity contribution in [2.24, 2.45) is 0 Å². The predicted octanol–water partition coefficient (Wildman–Crippen LogP) is 4.12. The first-order chi connectivity index (χ1) is 10.6. The van der Waals surface area contributed by atoms with Crippen molar-refractivity contribution in [2.75, 3.05) is 18.1 Å². The number of anilines is 1. The maximum absolute atomic E-state index is 12.5. The Labute approximate surface area is 139 Å². The van der Waals surface area contributed by atoms with Crippen LogP contribution in [-0.2, 0) is 11.2 Å². The number of halogens is 1. The lowest BCUT2D eigenvalue weighted by molar-refractivity contribution is -0.120. The molecular weight excluding hydrogens is 342 g/mol. The molecule has 3 nitrogen and oxygen atoms in total. The Morgan fingerprint density at radius 3 is 2.91 bits per heavy atom. The van der Waals surface area contributed by atoms with Crippen LogP contribution in [0.3, 0.4) is 0 Å². The van der Waals surface area contributed by atoms with Crippen LogP contribution in [0.4, 0.5) is 5.69 Å². The molecule has 114 valence electrons. The molecule has 0 spiro atoms. The minimum Gasteiger partial charge on any atom is -0.483 e. The molecule has 0 atom stereocenters. The van der Waals surface area contributed by atoms with Crippen LogP contribution >= 0.6 is 15.9 Å². The van der Waals surface area contributed by atoms with Crippen LogP contribution in [0.5, 0.6) is 5.75 Å². The molecule has 0 N–H and O–H groups in total. The van der Waals surface area contributed by atoms with Crippen molar-refractivity contribution in [1.29, 1.82) is 0 Å². The van der Waals surface area contributed by atoms with E-state index in [2.05, 4.69) is 22.0 Å². The number of rotatable bonds is 3. The first kappa shape index (κ1) is 15.1. The molecule has 4 heteroatoms. The molecule has 0 saturated carbocycles. The maximum atomic E-state index is 12.5. The average Bonchev–Trinajstić information content (AvgIpc) is 2.53. The Hall–Kier alpha value is -1.81. The molecule has 1 aliphatic rings. The fourth-order valence-electron chi connectivity index (χ4n) is 2.73. The zero-order valence-corrected chi connectivity index (χ0v) is 14.1. The number of para-hydroxylation sites is 1. The van der Waals surface area contributed by atoms with E-state index in [0.29, 0.717) is 5.75 Å². The Bertz CT molecular complexity index is 699. The third kappa shape index (κ3) is 3.17. The fourth-order valence-corrected chi connectivity index (χ4v) is 3.34. The highest BCUT2D eigenvalue weighted by atomic mass is 79.9. The topological polar surface area (TPSA) is 29.5 Å². The molecule has 22 heavy (non-hydrogen) atoms. The number of carbonyl (C=O) groups is 1. The molecule has 3 rings (SSSR count). The Balaban J connectivity index is 1.70. The molecule has 2 aromatic carbocycles. The Morgan fingerprint density at radius 1 is 1.27 bits per heavy atom. The highest BCUT2D eigenvalue weighted by molar-refractivity contribution is 9.10. The van der Waals surface area contributed by atoms with E-state index in [9.17, 15) is 4.79 Å². The maximum Gasteiger partial charge on any atom is 0.264 e. The van der Waals surface area contributed by atoms with Crippen LogP contribution in [0, 0.1) is 6.92 Å². The first-order valence-electron chi connectivity index (χ1n) is 7.42. The van der Waals surface area contributed by atoms with E-state index in [1.165, 1.54) is 5.56 Å². The summed E-state index contributed by atoms with van der Waals surface area (Å²) in [6.07, 6.45) is 2.03. The van der Waals surface area contributed by atoms with E-state index >= 15 is 0 Å². The third-order valence-corrected chi connectivity index (χ3v) is 4.47. The second kappa shape index (κ2) is 6.53. The van der Waals surface area contributed by atoms with Crippen molar-refractivity contribution in [2.45, 2.75) is 19.8 Å². The number of hydrogen-bond acceptors (Lipinski definition) is 2. The average molecular weight is 360 g/mol. The number of carbonyl (C=O) groups excluding carboxylic acids is 1. The lowest BCUT2D eigenvalue weighted by Crippen LogP contribution is -2.38. The SMILES string of the molecule is Cc1ccc(OCC(=O)N2CCCc3ccccc32)c(Br)c1. The number of hydrogen-bond donors (Lipinski definition) is 0. The van der Waals surface area contributed by atoms with Gasteiger partial charge in [0.15, 0.2) is 6.61 Å². The van der Waals surface area contributed by atoms with Gasteiger partial charge >= 0.3 is 0 Å². The summed E-state index contributed by atoms with van der Waals surface area (Å²) in [6.45, 7) is 2.83. The minimum atomic E-state index is -0.000347. The van der Waals surface area contributed by atoms with Gasteiger partial charge in [-0.25, -0.2) is 0 Å². The van der Waals surface area contributed by atoms with Gasteiger partial charge in [0.05, 0.1) is 4.47 Å². The summed E-state index contributed by atoms with van der Waals surface area (Å²) in [5.74, 6) is 0.698. The van der Waals surface area contributed by atoms with Crippen LogP contribution < -0.4 is 9.64 Å². The second-order valence-corrected chi connectivity index (χ2v) is 6.35. The molecule has 0 aliphatic carbocycles. The van der Waals surface area contributed by atoms with E-state index < -0.39 is 0 Å². The zero-order valence-electron chi connectivity index (χ0n) is 12.5. The van der Waals surface area contributed by atoms with Crippen LogP contribution in [-0.4, -0.2) is 19.1 Å². The summed E-state index contributed by atoms with van der Waals surface area (Å²) in [6, 6.07) is 13.9. The van der Waals surface area contributed by atoms with E-state index in [1.54, 1.807) is 0 Å². The van der Waals surface area contributed by atoms with Crippen LogP contribution in [0.1, 0.15) is 17.5 Å². The van der Waals surface area contributed by atoms with Gasteiger partial charge in [-0.15, -0.1) is 0 Å².